The Morgan fingerprint density at radius 1 is 1.55 bits per heavy atom. The Kier molecular flexibility index (Phi) is 4.74. The van der Waals surface area contributed by atoms with E-state index in [0.717, 1.165) is 18.9 Å². The molecule has 1 aliphatic rings. The van der Waals surface area contributed by atoms with Crippen molar-refractivity contribution in [2.75, 3.05) is 6.61 Å². The van der Waals surface area contributed by atoms with Crippen molar-refractivity contribution in [3.05, 3.63) is 35.7 Å². The third-order valence-electron chi connectivity index (χ3n) is 3.12. The summed E-state index contributed by atoms with van der Waals surface area (Å²) in [4.78, 5) is 10.5. The van der Waals surface area contributed by atoms with Gasteiger partial charge in [0.15, 0.2) is 0 Å². The van der Waals surface area contributed by atoms with Crippen LogP contribution in [0.5, 0.6) is 5.75 Å². The maximum absolute atomic E-state index is 13.2. The first kappa shape index (κ1) is 14.5. The van der Waals surface area contributed by atoms with Crippen molar-refractivity contribution in [3.63, 3.8) is 0 Å². The van der Waals surface area contributed by atoms with Crippen molar-refractivity contribution in [2.45, 2.75) is 32.0 Å². The van der Waals surface area contributed by atoms with E-state index in [1.165, 1.54) is 24.3 Å². The van der Waals surface area contributed by atoms with Crippen LogP contribution < -0.4 is 4.74 Å². The first-order valence-electron chi connectivity index (χ1n) is 6.53. The highest BCUT2D eigenvalue weighted by Crippen LogP contribution is 2.24. The van der Waals surface area contributed by atoms with Crippen LogP contribution in [0.3, 0.4) is 0 Å². The third-order valence-corrected chi connectivity index (χ3v) is 3.12. The van der Waals surface area contributed by atoms with Gasteiger partial charge in [-0.15, -0.1) is 0 Å². The highest BCUT2D eigenvalue weighted by Gasteiger charge is 2.22. The molecule has 1 heterocycles. The molecule has 0 saturated carbocycles. The number of aliphatic carboxylic acids is 1. The van der Waals surface area contributed by atoms with Crippen LogP contribution in [-0.4, -0.2) is 29.9 Å². The maximum atomic E-state index is 13.2. The SMILES string of the molecule is CC1CCC(COc2ccc(F)cc2/C=C/C(=O)O)O1. The fraction of sp³-hybridized carbons (Fsp3) is 0.400. The molecule has 2 rings (SSSR count). The molecule has 4 nitrogen and oxygen atoms in total. The highest BCUT2D eigenvalue weighted by molar-refractivity contribution is 5.85. The van der Waals surface area contributed by atoms with Gasteiger partial charge in [-0.2, -0.15) is 0 Å². The summed E-state index contributed by atoms with van der Waals surface area (Å²) in [6.07, 6.45) is 4.48. The lowest BCUT2D eigenvalue weighted by atomic mass is 10.1. The van der Waals surface area contributed by atoms with Gasteiger partial charge in [-0.25, -0.2) is 9.18 Å². The predicted molar refractivity (Wildman–Crippen MR) is 72.1 cm³/mol. The van der Waals surface area contributed by atoms with Gasteiger partial charge in [0.25, 0.3) is 0 Å². The Hall–Kier alpha value is -1.88. The molecule has 1 aliphatic heterocycles. The molecule has 2 atom stereocenters. The lowest BCUT2D eigenvalue weighted by Gasteiger charge is -2.14. The Labute approximate surface area is 116 Å². The van der Waals surface area contributed by atoms with Crippen LogP contribution in [0.4, 0.5) is 4.39 Å². The van der Waals surface area contributed by atoms with Crippen molar-refractivity contribution in [2.24, 2.45) is 0 Å². The van der Waals surface area contributed by atoms with E-state index in [4.69, 9.17) is 14.6 Å². The first-order chi connectivity index (χ1) is 9.54. The van der Waals surface area contributed by atoms with Gasteiger partial charge in [-0.1, -0.05) is 0 Å². The van der Waals surface area contributed by atoms with Gasteiger partial charge in [0, 0.05) is 11.6 Å². The summed E-state index contributed by atoms with van der Waals surface area (Å²) < 4.78 is 24.5. The number of hydrogen-bond acceptors (Lipinski definition) is 3. The summed E-state index contributed by atoms with van der Waals surface area (Å²) in [5.41, 5.74) is 0.401. The fourth-order valence-corrected chi connectivity index (χ4v) is 2.13. The third kappa shape index (κ3) is 4.06. The Balaban J connectivity index is 2.04. The van der Waals surface area contributed by atoms with Crippen molar-refractivity contribution < 1.29 is 23.8 Å². The molecule has 0 spiro atoms. The molecule has 2 unspecified atom stereocenters. The number of carboxylic acids is 1. The molecule has 0 radical (unpaired) electrons. The van der Waals surface area contributed by atoms with Crippen molar-refractivity contribution in [1.82, 2.24) is 0 Å². The molecule has 1 fully saturated rings. The molecular weight excluding hydrogens is 263 g/mol. The van der Waals surface area contributed by atoms with Crippen LogP contribution in [0.15, 0.2) is 24.3 Å². The van der Waals surface area contributed by atoms with Gasteiger partial charge in [0.1, 0.15) is 18.2 Å². The molecule has 1 aromatic rings. The number of rotatable bonds is 5. The molecule has 0 bridgehead atoms. The first-order valence-corrected chi connectivity index (χ1v) is 6.53. The second kappa shape index (κ2) is 6.52. The zero-order valence-electron chi connectivity index (χ0n) is 11.2. The lowest BCUT2D eigenvalue weighted by Crippen LogP contribution is -2.18. The van der Waals surface area contributed by atoms with Crippen LogP contribution in [0.1, 0.15) is 25.3 Å². The minimum atomic E-state index is -1.09. The standard InChI is InChI=1S/C15H17FO4/c1-10-2-5-13(20-10)9-19-14-6-4-12(16)8-11(14)3-7-15(17)18/h3-4,6-8,10,13H,2,5,9H2,1H3,(H,17,18)/b7-3+. The van der Waals surface area contributed by atoms with Gasteiger partial charge in [-0.3, -0.25) is 0 Å². The predicted octanol–water partition coefficient (Wildman–Crippen LogP) is 2.87. The van der Waals surface area contributed by atoms with Crippen molar-refractivity contribution in [1.29, 1.82) is 0 Å². The van der Waals surface area contributed by atoms with Crippen LogP contribution in [-0.2, 0) is 9.53 Å². The van der Waals surface area contributed by atoms with E-state index in [1.54, 1.807) is 0 Å². The van der Waals surface area contributed by atoms with E-state index in [-0.39, 0.29) is 12.2 Å². The highest BCUT2D eigenvalue weighted by atomic mass is 19.1. The summed E-state index contributed by atoms with van der Waals surface area (Å²) >= 11 is 0. The van der Waals surface area contributed by atoms with Gasteiger partial charge < -0.3 is 14.6 Å². The van der Waals surface area contributed by atoms with E-state index in [0.29, 0.717) is 17.9 Å². The summed E-state index contributed by atoms with van der Waals surface area (Å²) in [5.74, 6) is -1.08. The average molecular weight is 280 g/mol. The minimum Gasteiger partial charge on any atom is -0.490 e. The molecule has 5 heteroatoms. The number of hydrogen-bond donors (Lipinski definition) is 1. The van der Waals surface area contributed by atoms with Gasteiger partial charge in [0.05, 0.1) is 12.2 Å². The van der Waals surface area contributed by atoms with Crippen molar-refractivity contribution >= 4 is 12.0 Å². The summed E-state index contributed by atoms with van der Waals surface area (Å²) in [6, 6.07) is 4.02. The smallest absolute Gasteiger partial charge is 0.328 e. The van der Waals surface area contributed by atoms with Crippen LogP contribution in [0.2, 0.25) is 0 Å². The van der Waals surface area contributed by atoms with E-state index in [1.807, 2.05) is 6.92 Å². The van der Waals surface area contributed by atoms with E-state index in [9.17, 15) is 9.18 Å². The lowest BCUT2D eigenvalue weighted by molar-refractivity contribution is -0.131. The second-order valence-corrected chi connectivity index (χ2v) is 4.81. The molecule has 0 aromatic heterocycles. The second-order valence-electron chi connectivity index (χ2n) is 4.81. The minimum absolute atomic E-state index is 0.0337. The summed E-state index contributed by atoms with van der Waals surface area (Å²) in [6.45, 7) is 2.39. The quantitative estimate of drug-likeness (QED) is 0.843. The largest absolute Gasteiger partial charge is 0.490 e. The van der Waals surface area contributed by atoms with E-state index < -0.39 is 11.8 Å². The summed E-state index contributed by atoms with van der Waals surface area (Å²) in [7, 11) is 0. The van der Waals surface area contributed by atoms with Gasteiger partial charge >= 0.3 is 5.97 Å². The summed E-state index contributed by atoms with van der Waals surface area (Å²) in [5, 5.41) is 8.63. The van der Waals surface area contributed by atoms with Gasteiger partial charge in [0.2, 0.25) is 0 Å². The topological polar surface area (TPSA) is 55.8 Å². The molecule has 20 heavy (non-hydrogen) atoms. The fourth-order valence-electron chi connectivity index (χ4n) is 2.13. The zero-order chi connectivity index (χ0) is 14.5. The van der Waals surface area contributed by atoms with Crippen LogP contribution in [0, 0.1) is 5.82 Å². The monoisotopic (exact) mass is 280 g/mol. The van der Waals surface area contributed by atoms with E-state index in [2.05, 4.69) is 0 Å². The molecule has 1 saturated heterocycles. The molecule has 1 aromatic carbocycles. The molecular formula is C15H17FO4. The molecule has 0 amide bonds. The number of ether oxygens (including phenoxy) is 2. The number of halogens is 1. The molecule has 108 valence electrons. The normalized spacial score (nSPS) is 22.3. The maximum Gasteiger partial charge on any atom is 0.328 e. The number of carbonyl (C=O) groups is 1. The van der Waals surface area contributed by atoms with Crippen molar-refractivity contribution in [3.8, 4) is 5.75 Å². The average Bonchev–Trinajstić information content (AvgIpc) is 2.81. The van der Waals surface area contributed by atoms with Crippen LogP contribution >= 0.6 is 0 Å². The molecule has 1 N–H and O–H groups in total. The number of carboxylic acid groups (broad SMARTS) is 1. The Bertz CT molecular complexity index is 513. The Morgan fingerprint density at radius 2 is 2.35 bits per heavy atom. The number of benzene rings is 1. The zero-order valence-corrected chi connectivity index (χ0v) is 11.2. The Morgan fingerprint density at radius 3 is 3.00 bits per heavy atom. The molecule has 0 aliphatic carbocycles. The van der Waals surface area contributed by atoms with Crippen LogP contribution in [0.25, 0.3) is 6.08 Å². The van der Waals surface area contributed by atoms with Gasteiger partial charge in [-0.05, 0) is 44.0 Å². The van der Waals surface area contributed by atoms with E-state index >= 15 is 0 Å².